The molecule has 0 spiro atoms. The number of fused-ring (bicyclic) bond motifs is 1. The zero-order valence-electron chi connectivity index (χ0n) is 19.7. The lowest BCUT2D eigenvalue weighted by molar-refractivity contribution is -0.122. The lowest BCUT2D eigenvalue weighted by Crippen LogP contribution is -2.51. The first-order valence-corrected chi connectivity index (χ1v) is 12.0. The predicted octanol–water partition coefficient (Wildman–Crippen LogP) is 3.52. The molecule has 2 heterocycles. The van der Waals surface area contributed by atoms with E-state index in [9.17, 15) is 18.4 Å². The third kappa shape index (κ3) is 5.62. The highest BCUT2D eigenvalue weighted by atomic mass is 35.5. The van der Waals surface area contributed by atoms with Crippen LogP contribution in [-0.4, -0.2) is 53.9 Å². The van der Waals surface area contributed by atoms with Crippen molar-refractivity contribution in [2.75, 3.05) is 31.2 Å². The predicted molar refractivity (Wildman–Crippen MR) is 134 cm³/mol. The van der Waals surface area contributed by atoms with Gasteiger partial charge in [-0.2, -0.15) is 0 Å². The highest BCUT2D eigenvalue weighted by Gasteiger charge is 2.21. The summed E-state index contributed by atoms with van der Waals surface area (Å²) in [6.07, 6.45) is 0.424. The summed E-state index contributed by atoms with van der Waals surface area (Å²) in [5.41, 5.74) is 1.32. The molecule has 7 nitrogen and oxygen atoms in total. The summed E-state index contributed by atoms with van der Waals surface area (Å²) >= 11 is 5.99. The van der Waals surface area contributed by atoms with Gasteiger partial charge in [-0.25, -0.2) is 9.37 Å². The van der Waals surface area contributed by atoms with E-state index >= 15 is 0 Å². The number of nitrogens with one attached hydrogen (secondary N) is 2. The van der Waals surface area contributed by atoms with E-state index in [1.165, 1.54) is 22.8 Å². The van der Waals surface area contributed by atoms with Crippen molar-refractivity contribution in [2.24, 2.45) is 0 Å². The third-order valence-corrected chi connectivity index (χ3v) is 6.23. The van der Waals surface area contributed by atoms with E-state index in [1.54, 1.807) is 12.1 Å². The number of anilines is 1. The Morgan fingerprint density at radius 2 is 2.09 bits per heavy atom. The highest BCUT2D eigenvalue weighted by molar-refractivity contribution is 6.31. The molecule has 0 bridgehead atoms. The van der Waals surface area contributed by atoms with Crippen molar-refractivity contribution in [1.29, 1.82) is 0 Å². The zero-order chi connectivity index (χ0) is 25.1. The largest absolute Gasteiger partial charge is 0.369 e. The van der Waals surface area contributed by atoms with E-state index in [-0.39, 0.29) is 40.9 Å². The summed E-state index contributed by atoms with van der Waals surface area (Å²) in [6, 6.07) is 9.40. The summed E-state index contributed by atoms with van der Waals surface area (Å²) < 4.78 is 27.9. The highest BCUT2D eigenvalue weighted by Crippen LogP contribution is 2.26. The number of hydrogen-bond donors (Lipinski definition) is 2. The van der Waals surface area contributed by atoms with Gasteiger partial charge in [0.1, 0.15) is 18.2 Å². The Morgan fingerprint density at radius 3 is 2.80 bits per heavy atom. The van der Waals surface area contributed by atoms with Gasteiger partial charge >= 0.3 is 0 Å². The van der Waals surface area contributed by atoms with Crippen LogP contribution in [0.4, 0.5) is 14.5 Å². The molecule has 1 amide bonds. The van der Waals surface area contributed by atoms with Crippen LogP contribution in [0.1, 0.15) is 20.3 Å². The van der Waals surface area contributed by atoms with E-state index in [0.717, 1.165) is 12.2 Å². The van der Waals surface area contributed by atoms with Gasteiger partial charge in [-0.3, -0.25) is 18.5 Å². The number of alkyl halides is 1. The van der Waals surface area contributed by atoms with Crippen molar-refractivity contribution in [2.45, 2.75) is 38.9 Å². The first kappa shape index (κ1) is 25.1. The summed E-state index contributed by atoms with van der Waals surface area (Å²) in [6.45, 7) is 5.07. The number of amides is 1. The molecule has 1 unspecified atom stereocenters. The van der Waals surface area contributed by atoms with E-state index in [4.69, 9.17) is 11.6 Å². The van der Waals surface area contributed by atoms with Crippen LogP contribution in [0.15, 0.2) is 41.2 Å². The van der Waals surface area contributed by atoms with Crippen LogP contribution in [0.25, 0.3) is 22.3 Å². The maximum Gasteiger partial charge on any atom is 0.262 e. The molecule has 1 aliphatic rings. The van der Waals surface area contributed by atoms with Crippen molar-refractivity contribution in [3.05, 3.63) is 57.6 Å². The average molecular weight is 504 g/mol. The fourth-order valence-corrected chi connectivity index (χ4v) is 4.48. The molecule has 2 N–H and O–H groups in total. The Balaban J connectivity index is 1.81. The van der Waals surface area contributed by atoms with Crippen LogP contribution in [0.2, 0.25) is 5.02 Å². The SMILES string of the molecule is CC(C)NC(=O)Cn1c(-c2ccc(F)c(Cl)c2)nc2ccc(N3CCNC(CCF)C3)cc2c1=O. The fraction of sp³-hybridized carbons (Fsp3) is 0.400. The van der Waals surface area contributed by atoms with Crippen LogP contribution in [0.5, 0.6) is 0 Å². The summed E-state index contributed by atoms with van der Waals surface area (Å²) in [5, 5.41) is 6.35. The maximum atomic E-state index is 13.8. The van der Waals surface area contributed by atoms with Gasteiger partial charge in [0.25, 0.3) is 5.56 Å². The van der Waals surface area contributed by atoms with Crippen LogP contribution < -0.4 is 21.1 Å². The van der Waals surface area contributed by atoms with E-state index in [2.05, 4.69) is 20.5 Å². The van der Waals surface area contributed by atoms with Crippen LogP contribution >= 0.6 is 11.6 Å². The lowest BCUT2D eigenvalue weighted by Gasteiger charge is -2.35. The summed E-state index contributed by atoms with van der Waals surface area (Å²) in [7, 11) is 0. The molecule has 1 aliphatic heterocycles. The zero-order valence-corrected chi connectivity index (χ0v) is 20.4. The van der Waals surface area contributed by atoms with E-state index in [0.29, 0.717) is 36.0 Å². The Bertz CT molecular complexity index is 1290. The number of hydrogen-bond acceptors (Lipinski definition) is 5. The maximum absolute atomic E-state index is 13.8. The van der Waals surface area contributed by atoms with Gasteiger partial charge in [0.05, 0.1) is 22.6 Å². The molecule has 186 valence electrons. The molecule has 1 aromatic heterocycles. The second-order valence-electron chi connectivity index (χ2n) is 8.95. The Hall–Kier alpha value is -3.04. The fourth-order valence-electron chi connectivity index (χ4n) is 4.30. The first-order valence-electron chi connectivity index (χ1n) is 11.6. The molecule has 0 saturated carbocycles. The second kappa shape index (κ2) is 10.7. The number of carbonyl (C=O) groups is 1. The molecule has 10 heteroatoms. The average Bonchev–Trinajstić information content (AvgIpc) is 2.82. The van der Waals surface area contributed by atoms with Crippen molar-refractivity contribution >= 4 is 34.1 Å². The van der Waals surface area contributed by atoms with E-state index < -0.39 is 12.5 Å². The summed E-state index contributed by atoms with van der Waals surface area (Å²) in [5.74, 6) is -0.708. The molecular formula is C25H28ClF2N5O2. The van der Waals surface area contributed by atoms with Gasteiger partial charge in [-0.1, -0.05) is 11.6 Å². The molecule has 35 heavy (non-hydrogen) atoms. The van der Waals surface area contributed by atoms with Crippen molar-refractivity contribution in [1.82, 2.24) is 20.2 Å². The monoisotopic (exact) mass is 503 g/mol. The minimum atomic E-state index is -0.589. The molecule has 3 aromatic rings. The molecule has 1 saturated heterocycles. The molecule has 2 aromatic carbocycles. The second-order valence-corrected chi connectivity index (χ2v) is 9.36. The number of rotatable bonds is 7. The van der Waals surface area contributed by atoms with Crippen molar-refractivity contribution in [3.8, 4) is 11.4 Å². The molecule has 0 aliphatic carbocycles. The van der Waals surface area contributed by atoms with Gasteiger partial charge < -0.3 is 15.5 Å². The molecule has 1 atom stereocenters. The normalized spacial score (nSPS) is 16.2. The van der Waals surface area contributed by atoms with Crippen molar-refractivity contribution < 1.29 is 13.6 Å². The number of benzene rings is 2. The Labute approximate surface area is 207 Å². The van der Waals surface area contributed by atoms with Crippen LogP contribution in [0.3, 0.4) is 0 Å². The minimum absolute atomic E-state index is 0.0320. The van der Waals surface area contributed by atoms with Gasteiger partial charge in [-0.05, 0) is 56.7 Å². The topological polar surface area (TPSA) is 79.3 Å². The quantitative estimate of drug-likeness (QED) is 0.516. The third-order valence-electron chi connectivity index (χ3n) is 5.95. The van der Waals surface area contributed by atoms with Crippen LogP contribution in [-0.2, 0) is 11.3 Å². The molecule has 1 fully saturated rings. The van der Waals surface area contributed by atoms with Gasteiger partial charge in [-0.15, -0.1) is 0 Å². The molecular weight excluding hydrogens is 476 g/mol. The minimum Gasteiger partial charge on any atom is -0.369 e. The summed E-state index contributed by atoms with van der Waals surface area (Å²) in [4.78, 5) is 33.0. The van der Waals surface area contributed by atoms with Crippen molar-refractivity contribution in [3.63, 3.8) is 0 Å². The Kier molecular flexibility index (Phi) is 7.66. The standard InChI is InChI=1S/C25H28ClF2N5O2/c1-15(2)30-23(34)14-33-24(16-3-5-21(28)20(26)11-16)31-22-6-4-18(12-19(22)25(33)35)32-10-9-29-17(13-32)7-8-27/h3-6,11-12,15,17,29H,7-10,13-14H2,1-2H3,(H,30,34). The van der Waals surface area contributed by atoms with Gasteiger partial charge in [0.15, 0.2) is 0 Å². The number of aromatic nitrogens is 2. The number of halogens is 3. The first-order chi connectivity index (χ1) is 16.8. The van der Waals surface area contributed by atoms with Gasteiger partial charge in [0.2, 0.25) is 5.91 Å². The molecule has 4 rings (SSSR count). The van der Waals surface area contributed by atoms with Gasteiger partial charge in [0, 0.05) is 43.0 Å². The lowest BCUT2D eigenvalue weighted by atomic mass is 10.1. The number of carbonyl (C=O) groups excluding carboxylic acids is 1. The smallest absolute Gasteiger partial charge is 0.262 e. The van der Waals surface area contributed by atoms with Crippen LogP contribution in [0, 0.1) is 5.82 Å². The van der Waals surface area contributed by atoms with E-state index in [1.807, 2.05) is 19.9 Å². The number of nitrogens with zero attached hydrogens (tertiary/aromatic N) is 3. The molecule has 0 radical (unpaired) electrons. The Morgan fingerprint density at radius 1 is 1.29 bits per heavy atom. The number of piperazine rings is 1.